The molecule has 1 aromatic rings. The summed E-state index contributed by atoms with van der Waals surface area (Å²) in [4.78, 5) is 11.5. The summed E-state index contributed by atoms with van der Waals surface area (Å²) in [6, 6.07) is 6.98. The molecule has 0 saturated heterocycles. The number of ether oxygens (including phenoxy) is 2. The van der Waals surface area contributed by atoms with Crippen molar-refractivity contribution in [1.29, 1.82) is 0 Å². The lowest BCUT2D eigenvalue weighted by Crippen LogP contribution is -2.13. The maximum atomic E-state index is 11.5. The summed E-state index contributed by atoms with van der Waals surface area (Å²) >= 11 is 0. The molecule has 0 saturated carbocycles. The molecule has 4 nitrogen and oxygen atoms in total. The fraction of sp³-hybridized carbons (Fsp3) is 0.308. The van der Waals surface area contributed by atoms with Gasteiger partial charge in [-0.3, -0.25) is 0 Å². The predicted octanol–water partition coefficient (Wildman–Crippen LogP) is 2.02. The standard InChI is InChI=1S/C13H16O4/c1-3-11(13(15)16-4-2)17-12-8-6-5-7-10(12)9-14/h3,5-8,14H,4,9H2,1-2H3/b11-3-. The Morgan fingerprint density at radius 1 is 1.41 bits per heavy atom. The minimum atomic E-state index is -0.511. The van der Waals surface area contributed by atoms with Crippen LogP contribution in [0.1, 0.15) is 19.4 Å². The normalized spacial score (nSPS) is 11.1. The SMILES string of the molecule is C/C=C(\Oc1ccccc1CO)C(=O)OCC. The van der Waals surface area contributed by atoms with Gasteiger partial charge in [-0.05, 0) is 26.0 Å². The first-order chi connectivity index (χ1) is 8.22. The van der Waals surface area contributed by atoms with Gasteiger partial charge >= 0.3 is 5.97 Å². The Balaban J connectivity index is 2.85. The monoisotopic (exact) mass is 236 g/mol. The predicted molar refractivity (Wildman–Crippen MR) is 63.4 cm³/mol. The number of esters is 1. The van der Waals surface area contributed by atoms with Crippen LogP contribution in [0.3, 0.4) is 0 Å². The summed E-state index contributed by atoms with van der Waals surface area (Å²) in [5.41, 5.74) is 0.621. The van der Waals surface area contributed by atoms with E-state index in [1.807, 2.05) is 0 Å². The highest BCUT2D eigenvalue weighted by Crippen LogP contribution is 2.20. The average molecular weight is 236 g/mol. The molecule has 0 aliphatic carbocycles. The van der Waals surface area contributed by atoms with E-state index in [2.05, 4.69) is 0 Å². The molecule has 0 spiro atoms. The van der Waals surface area contributed by atoms with Crippen molar-refractivity contribution in [3.05, 3.63) is 41.7 Å². The van der Waals surface area contributed by atoms with Gasteiger partial charge in [0.2, 0.25) is 5.76 Å². The van der Waals surface area contributed by atoms with Crippen molar-refractivity contribution in [2.24, 2.45) is 0 Å². The fourth-order valence-corrected chi connectivity index (χ4v) is 1.27. The van der Waals surface area contributed by atoms with Crippen LogP contribution in [0.2, 0.25) is 0 Å². The van der Waals surface area contributed by atoms with Crippen LogP contribution in [-0.2, 0) is 16.1 Å². The van der Waals surface area contributed by atoms with Crippen LogP contribution in [0.25, 0.3) is 0 Å². The second kappa shape index (κ2) is 6.70. The number of aliphatic hydroxyl groups is 1. The highest BCUT2D eigenvalue weighted by Gasteiger charge is 2.13. The molecule has 1 rings (SSSR count). The average Bonchev–Trinajstić information content (AvgIpc) is 2.36. The third kappa shape index (κ3) is 3.60. The number of allylic oxidation sites excluding steroid dienone is 1. The molecule has 0 fully saturated rings. The van der Waals surface area contributed by atoms with Gasteiger partial charge in [-0.15, -0.1) is 0 Å². The number of carbonyl (C=O) groups is 1. The molecular weight excluding hydrogens is 220 g/mol. The molecule has 0 aliphatic heterocycles. The van der Waals surface area contributed by atoms with Gasteiger partial charge in [0, 0.05) is 5.56 Å². The van der Waals surface area contributed by atoms with Gasteiger partial charge in [0.1, 0.15) is 5.75 Å². The molecule has 0 heterocycles. The van der Waals surface area contributed by atoms with E-state index in [-0.39, 0.29) is 12.4 Å². The number of carbonyl (C=O) groups excluding carboxylic acids is 1. The van der Waals surface area contributed by atoms with E-state index >= 15 is 0 Å². The van der Waals surface area contributed by atoms with E-state index in [0.29, 0.717) is 17.9 Å². The molecule has 0 aromatic heterocycles. The maximum Gasteiger partial charge on any atom is 0.373 e. The van der Waals surface area contributed by atoms with Gasteiger partial charge in [0.25, 0.3) is 0 Å². The molecule has 4 heteroatoms. The summed E-state index contributed by atoms with van der Waals surface area (Å²) in [6.07, 6.45) is 1.53. The van der Waals surface area contributed by atoms with Gasteiger partial charge in [-0.2, -0.15) is 0 Å². The summed E-state index contributed by atoms with van der Waals surface area (Å²) in [7, 11) is 0. The molecule has 17 heavy (non-hydrogen) atoms. The molecule has 0 bridgehead atoms. The number of aliphatic hydroxyl groups excluding tert-OH is 1. The van der Waals surface area contributed by atoms with Crippen molar-refractivity contribution in [3.63, 3.8) is 0 Å². The lowest BCUT2D eigenvalue weighted by molar-refractivity contribution is -0.141. The molecule has 1 N–H and O–H groups in total. The van der Waals surface area contributed by atoms with E-state index in [4.69, 9.17) is 14.6 Å². The Morgan fingerprint density at radius 2 is 2.12 bits per heavy atom. The summed E-state index contributed by atoms with van der Waals surface area (Å²) in [5.74, 6) is 0.0617. The number of rotatable bonds is 5. The Labute approximate surface area is 100 Å². The van der Waals surface area contributed by atoms with Crippen molar-refractivity contribution < 1.29 is 19.4 Å². The molecule has 1 aromatic carbocycles. The summed E-state index contributed by atoms with van der Waals surface area (Å²) in [6.45, 7) is 3.57. The Kier molecular flexibility index (Phi) is 5.23. The van der Waals surface area contributed by atoms with Crippen molar-refractivity contribution >= 4 is 5.97 Å². The van der Waals surface area contributed by atoms with E-state index in [0.717, 1.165) is 0 Å². The largest absolute Gasteiger partial charge is 0.460 e. The zero-order chi connectivity index (χ0) is 12.7. The number of para-hydroxylation sites is 1. The molecule has 0 atom stereocenters. The smallest absolute Gasteiger partial charge is 0.373 e. The van der Waals surface area contributed by atoms with Crippen LogP contribution in [0.15, 0.2) is 36.1 Å². The number of hydrogen-bond donors (Lipinski definition) is 1. The molecule has 0 aliphatic rings. The van der Waals surface area contributed by atoms with Gasteiger partial charge in [0.15, 0.2) is 0 Å². The maximum absolute atomic E-state index is 11.5. The zero-order valence-corrected chi connectivity index (χ0v) is 9.97. The minimum absolute atomic E-state index is 0.118. The van der Waals surface area contributed by atoms with Gasteiger partial charge in [-0.25, -0.2) is 4.79 Å². The quantitative estimate of drug-likeness (QED) is 0.483. The third-order valence-electron chi connectivity index (χ3n) is 2.10. The minimum Gasteiger partial charge on any atom is -0.460 e. The Morgan fingerprint density at radius 3 is 2.71 bits per heavy atom. The van der Waals surface area contributed by atoms with Crippen LogP contribution in [-0.4, -0.2) is 17.7 Å². The Hall–Kier alpha value is -1.81. The van der Waals surface area contributed by atoms with E-state index in [1.165, 1.54) is 6.08 Å². The van der Waals surface area contributed by atoms with Crippen LogP contribution >= 0.6 is 0 Å². The molecular formula is C13H16O4. The number of hydrogen-bond acceptors (Lipinski definition) is 4. The lowest BCUT2D eigenvalue weighted by Gasteiger charge is -2.11. The first-order valence-electron chi connectivity index (χ1n) is 5.43. The highest BCUT2D eigenvalue weighted by atomic mass is 16.6. The molecule has 0 amide bonds. The first-order valence-corrected chi connectivity index (χ1v) is 5.43. The van der Waals surface area contributed by atoms with E-state index in [1.54, 1.807) is 38.1 Å². The molecule has 0 unspecified atom stereocenters. The van der Waals surface area contributed by atoms with Crippen LogP contribution in [0, 0.1) is 0 Å². The van der Waals surface area contributed by atoms with Gasteiger partial charge in [0.05, 0.1) is 13.2 Å². The topological polar surface area (TPSA) is 55.8 Å². The van der Waals surface area contributed by atoms with Crippen molar-refractivity contribution in [2.45, 2.75) is 20.5 Å². The summed E-state index contributed by atoms with van der Waals surface area (Å²) in [5, 5.41) is 9.13. The second-order valence-electron chi connectivity index (χ2n) is 3.24. The Bertz CT molecular complexity index is 410. The first kappa shape index (κ1) is 13.3. The lowest BCUT2D eigenvalue weighted by atomic mass is 10.2. The van der Waals surface area contributed by atoms with E-state index in [9.17, 15) is 4.79 Å². The molecule has 92 valence electrons. The fourth-order valence-electron chi connectivity index (χ4n) is 1.27. The van der Waals surface area contributed by atoms with Crippen LogP contribution < -0.4 is 4.74 Å². The van der Waals surface area contributed by atoms with Crippen molar-refractivity contribution in [1.82, 2.24) is 0 Å². The number of benzene rings is 1. The van der Waals surface area contributed by atoms with Crippen LogP contribution in [0.4, 0.5) is 0 Å². The van der Waals surface area contributed by atoms with Crippen molar-refractivity contribution in [2.75, 3.05) is 6.61 Å². The van der Waals surface area contributed by atoms with Gasteiger partial charge in [-0.1, -0.05) is 18.2 Å². The molecule has 0 radical (unpaired) electrons. The van der Waals surface area contributed by atoms with Crippen LogP contribution in [0.5, 0.6) is 5.75 Å². The third-order valence-corrected chi connectivity index (χ3v) is 2.10. The zero-order valence-electron chi connectivity index (χ0n) is 9.97. The summed E-state index contributed by atoms with van der Waals surface area (Å²) < 4.78 is 10.3. The highest BCUT2D eigenvalue weighted by molar-refractivity contribution is 5.86. The second-order valence-corrected chi connectivity index (χ2v) is 3.24. The van der Waals surface area contributed by atoms with E-state index < -0.39 is 5.97 Å². The van der Waals surface area contributed by atoms with Gasteiger partial charge < -0.3 is 14.6 Å². The van der Waals surface area contributed by atoms with Crippen molar-refractivity contribution in [3.8, 4) is 5.75 Å².